The fourth-order valence-electron chi connectivity index (χ4n) is 3.37. The lowest BCUT2D eigenvalue weighted by atomic mass is 10.0. The van der Waals surface area contributed by atoms with Crippen molar-refractivity contribution >= 4 is 39.2 Å². The largest absolute Gasteiger partial charge is 0.490 e. The van der Waals surface area contributed by atoms with Gasteiger partial charge in [-0.3, -0.25) is 9.59 Å². The zero-order chi connectivity index (χ0) is 23.7. The molecule has 1 amide bonds. The third-order valence-corrected chi connectivity index (χ3v) is 6.10. The molecule has 1 saturated carbocycles. The van der Waals surface area contributed by atoms with E-state index in [0.29, 0.717) is 18.0 Å². The van der Waals surface area contributed by atoms with Crippen LogP contribution in [0.1, 0.15) is 54.7 Å². The van der Waals surface area contributed by atoms with Crippen molar-refractivity contribution in [3.8, 4) is 0 Å². The zero-order valence-corrected chi connectivity index (χ0v) is 18.2. The number of thiazole rings is 1. The number of amides is 1. The number of aliphatic carboxylic acids is 1. The lowest BCUT2D eigenvalue weighted by molar-refractivity contribution is -0.192. The fraction of sp³-hybridized carbons (Fsp3) is 0.524. The van der Waals surface area contributed by atoms with Gasteiger partial charge in [0, 0.05) is 5.92 Å². The summed E-state index contributed by atoms with van der Waals surface area (Å²) in [4.78, 5) is 38.8. The summed E-state index contributed by atoms with van der Waals surface area (Å²) in [6, 6.07) is 7.22. The lowest BCUT2D eigenvalue weighted by Crippen LogP contribution is -2.43. The Hall–Kier alpha value is -2.53. The summed E-state index contributed by atoms with van der Waals surface area (Å²) in [5.41, 5.74) is 6.40. The van der Waals surface area contributed by atoms with Crippen molar-refractivity contribution in [2.45, 2.75) is 57.2 Å². The number of unbranched alkanes of at least 4 members (excludes halogenated alkanes) is 1. The number of alkyl halides is 3. The Morgan fingerprint density at radius 1 is 1.19 bits per heavy atom. The van der Waals surface area contributed by atoms with Gasteiger partial charge in [0.2, 0.25) is 11.7 Å². The van der Waals surface area contributed by atoms with Crippen LogP contribution in [0.5, 0.6) is 0 Å². The summed E-state index contributed by atoms with van der Waals surface area (Å²) in [7, 11) is 0. The van der Waals surface area contributed by atoms with Gasteiger partial charge in [0.25, 0.3) is 0 Å². The highest BCUT2D eigenvalue weighted by Crippen LogP contribution is 2.26. The summed E-state index contributed by atoms with van der Waals surface area (Å²) < 4.78 is 32.7. The number of fused-ring (bicyclic) bond motifs is 1. The number of rotatable bonds is 8. The number of carboxylic acid groups (broad SMARTS) is 1. The van der Waals surface area contributed by atoms with E-state index >= 15 is 0 Å². The molecule has 1 aromatic heterocycles. The van der Waals surface area contributed by atoms with Gasteiger partial charge in [0.1, 0.15) is 0 Å². The quantitative estimate of drug-likeness (QED) is 0.395. The number of Topliss-reactive ketones (excluding diaryl/α,β-unsaturated/α-hetero) is 1. The molecule has 3 rings (SSSR count). The first kappa shape index (κ1) is 25.7. The summed E-state index contributed by atoms with van der Waals surface area (Å²) in [5.74, 6) is -2.76. The number of hydrogen-bond donors (Lipinski definition) is 3. The Bertz CT molecular complexity index is 893. The maximum Gasteiger partial charge on any atom is 0.490 e. The second kappa shape index (κ2) is 11.9. The minimum Gasteiger partial charge on any atom is -0.475 e. The maximum atomic E-state index is 13.0. The first-order valence-electron chi connectivity index (χ1n) is 10.3. The first-order valence-corrected chi connectivity index (χ1v) is 11.2. The minimum atomic E-state index is -5.08. The van der Waals surface area contributed by atoms with Gasteiger partial charge >= 0.3 is 12.1 Å². The van der Waals surface area contributed by atoms with Crippen molar-refractivity contribution in [3.05, 3.63) is 29.3 Å². The molecule has 0 bridgehead atoms. The van der Waals surface area contributed by atoms with E-state index in [1.165, 1.54) is 11.3 Å². The van der Waals surface area contributed by atoms with Crippen LogP contribution in [0.4, 0.5) is 13.2 Å². The Labute approximate surface area is 187 Å². The van der Waals surface area contributed by atoms with E-state index in [-0.39, 0.29) is 17.6 Å². The maximum absolute atomic E-state index is 13.0. The van der Waals surface area contributed by atoms with Gasteiger partial charge in [-0.2, -0.15) is 13.2 Å². The molecule has 1 unspecified atom stereocenters. The molecular formula is C21H26F3N3O4S. The molecule has 4 N–H and O–H groups in total. The van der Waals surface area contributed by atoms with E-state index in [9.17, 15) is 22.8 Å². The molecule has 1 fully saturated rings. The highest BCUT2D eigenvalue weighted by molar-refractivity contribution is 7.20. The van der Waals surface area contributed by atoms with E-state index < -0.39 is 18.2 Å². The van der Waals surface area contributed by atoms with Crippen LogP contribution < -0.4 is 11.1 Å². The van der Waals surface area contributed by atoms with E-state index in [1.54, 1.807) is 0 Å². The van der Waals surface area contributed by atoms with Crippen LogP contribution in [0.2, 0.25) is 0 Å². The molecule has 0 radical (unpaired) electrons. The lowest BCUT2D eigenvalue weighted by Gasteiger charge is -2.19. The van der Waals surface area contributed by atoms with Crippen molar-refractivity contribution in [2.24, 2.45) is 11.7 Å². The van der Waals surface area contributed by atoms with Crippen LogP contribution in [0, 0.1) is 5.92 Å². The van der Waals surface area contributed by atoms with Crippen LogP contribution in [0.3, 0.4) is 0 Å². The minimum absolute atomic E-state index is 0.0182. The summed E-state index contributed by atoms with van der Waals surface area (Å²) in [6.07, 6.45) is 1.26. The third kappa shape index (κ3) is 7.56. The van der Waals surface area contributed by atoms with Crippen molar-refractivity contribution in [3.63, 3.8) is 0 Å². The molecule has 11 heteroatoms. The molecule has 0 saturated heterocycles. The highest BCUT2D eigenvalue weighted by Gasteiger charge is 2.38. The molecule has 1 aromatic carbocycles. The number of hydrogen-bond acceptors (Lipinski definition) is 6. The van der Waals surface area contributed by atoms with Gasteiger partial charge in [-0.15, -0.1) is 11.3 Å². The molecule has 0 aliphatic heterocycles. The number of nitrogens with two attached hydrogens (primary N) is 1. The number of nitrogens with zero attached hydrogens (tertiary/aromatic N) is 1. The smallest absolute Gasteiger partial charge is 0.475 e. The number of carbonyl (C=O) groups is 3. The second-order valence-corrected chi connectivity index (χ2v) is 8.51. The monoisotopic (exact) mass is 473 g/mol. The van der Waals surface area contributed by atoms with Gasteiger partial charge < -0.3 is 16.2 Å². The Morgan fingerprint density at radius 2 is 1.81 bits per heavy atom. The molecule has 0 spiro atoms. The number of halogens is 3. The number of carboxylic acids is 1. The topological polar surface area (TPSA) is 122 Å². The molecule has 1 aliphatic rings. The predicted molar refractivity (Wildman–Crippen MR) is 114 cm³/mol. The third-order valence-electron chi connectivity index (χ3n) is 5.05. The van der Waals surface area contributed by atoms with Crippen molar-refractivity contribution in [2.75, 3.05) is 6.54 Å². The first-order chi connectivity index (χ1) is 15.1. The number of nitrogens with one attached hydrogen (secondary N) is 1. The van der Waals surface area contributed by atoms with E-state index in [4.69, 9.17) is 15.6 Å². The van der Waals surface area contributed by atoms with Crippen LogP contribution in [-0.2, 0) is 9.59 Å². The van der Waals surface area contributed by atoms with Gasteiger partial charge in [0.15, 0.2) is 5.01 Å². The van der Waals surface area contributed by atoms with Crippen LogP contribution in [-0.4, -0.2) is 46.5 Å². The van der Waals surface area contributed by atoms with E-state index in [0.717, 1.165) is 48.7 Å². The summed E-state index contributed by atoms with van der Waals surface area (Å²) in [6.45, 7) is 0.596. The Balaban J connectivity index is 0.000000451. The van der Waals surface area contributed by atoms with Gasteiger partial charge in [-0.25, -0.2) is 9.78 Å². The predicted octanol–water partition coefficient (Wildman–Crippen LogP) is 3.92. The number of ketones is 1. The van der Waals surface area contributed by atoms with E-state index in [1.807, 2.05) is 24.3 Å². The number of carbonyl (C=O) groups excluding carboxylic acids is 2. The molecule has 2 aromatic rings. The average molecular weight is 474 g/mol. The molecule has 1 heterocycles. The standard InChI is InChI=1S/C19H25N3O2S.C2HF3O2/c20-12-6-5-10-15(21-18(24)13-7-1-2-8-13)17(23)19-22-14-9-3-4-11-16(14)25-19;3-2(4,5)1(6)7/h3-4,9,11,13,15H,1-2,5-8,10,12,20H2,(H,21,24);(H,6,7). The fourth-order valence-corrected chi connectivity index (χ4v) is 4.33. The molecule has 176 valence electrons. The average Bonchev–Trinajstić information content (AvgIpc) is 3.42. The van der Waals surface area contributed by atoms with Crippen molar-refractivity contribution in [1.82, 2.24) is 10.3 Å². The molecule has 7 nitrogen and oxygen atoms in total. The van der Waals surface area contributed by atoms with Crippen LogP contribution in [0.15, 0.2) is 24.3 Å². The molecule has 32 heavy (non-hydrogen) atoms. The molecule has 1 atom stereocenters. The number of aromatic nitrogens is 1. The number of para-hydroxylation sites is 1. The summed E-state index contributed by atoms with van der Waals surface area (Å²) >= 11 is 1.40. The second-order valence-electron chi connectivity index (χ2n) is 7.48. The highest BCUT2D eigenvalue weighted by atomic mass is 32.1. The van der Waals surface area contributed by atoms with Crippen LogP contribution >= 0.6 is 11.3 Å². The van der Waals surface area contributed by atoms with Gasteiger partial charge in [-0.05, 0) is 50.8 Å². The summed E-state index contributed by atoms with van der Waals surface area (Å²) in [5, 5.41) is 10.6. The normalized spacial score (nSPS) is 15.1. The van der Waals surface area contributed by atoms with Gasteiger partial charge in [0.05, 0.1) is 16.3 Å². The molecular weight excluding hydrogens is 447 g/mol. The van der Waals surface area contributed by atoms with E-state index in [2.05, 4.69) is 10.3 Å². The van der Waals surface area contributed by atoms with Gasteiger partial charge in [-0.1, -0.05) is 25.0 Å². The Morgan fingerprint density at radius 3 is 2.38 bits per heavy atom. The van der Waals surface area contributed by atoms with Crippen molar-refractivity contribution in [1.29, 1.82) is 0 Å². The van der Waals surface area contributed by atoms with Crippen molar-refractivity contribution < 1.29 is 32.7 Å². The zero-order valence-electron chi connectivity index (χ0n) is 17.4. The van der Waals surface area contributed by atoms with Crippen LogP contribution in [0.25, 0.3) is 10.2 Å². The Kier molecular flexibility index (Phi) is 9.58. The number of benzene rings is 1. The molecule has 1 aliphatic carbocycles. The SMILES string of the molecule is NCCCCC(NC(=O)C1CCCC1)C(=O)c1nc2ccccc2s1.O=C(O)C(F)(F)F.